The van der Waals surface area contributed by atoms with Crippen molar-refractivity contribution >= 4 is 11.6 Å². The summed E-state index contributed by atoms with van der Waals surface area (Å²) in [6.07, 6.45) is 0. The van der Waals surface area contributed by atoms with Gasteiger partial charge in [-0.25, -0.2) is 4.39 Å². The molecule has 1 N–H and O–H groups in total. The SMILES string of the molecule is Cc1cc(C(=O)N[C@@H](C)c2ccc(F)cc2)ccc1[N+](=O)[O-]. The zero-order valence-electron chi connectivity index (χ0n) is 12.2. The lowest BCUT2D eigenvalue weighted by Gasteiger charge is -2.14. The van der Waals surface area contributed by atoms with E-state index < -0.39 is 4.92 Å². The Balaban J connectivity index is 2.13. The number of carbonyl (C=O) groups excluding carboxylic acids is 1. The van der Waals surface area contributed by atoms with Crippen molar-refractivity contribution in [2.45, 2.75) is 19.9 Å². The summed E-state index contributed by atoms with van der Waals surface area (Å²) in [5, 5.41) is 13.5. The summed E-state index contributed by atoms with van der Waals surface area (Å²) in [4.78, 5) is 22.5. The Morgan fingerprint density at radius 2 is 1.86 bits per heavy atom. The summed E-state index contributed by atoms with van der Waals surface area (Å²) in [6.45, 7) is 3.36. The van der Waals surface area contributed by atoms with Gasteiger partial charge in [0.15, 0.2) is 0 Å². The molecule has 1 atom stereocenters. The summed E-state index contributed by atoms with van der Waals surface area (Å²) < 4.78 is 12.9. The summed E-state index contributed by atoms with van der Waals surface area (Å²) in [5.41, 5.74) is 1.51. The van der Waals surface area contributed by atoms with Gasteiger partial charge in [-0.15, -0.1) is 0 Å². The van der Waals surface area contributed by atoms with Gasteiger partial charge in [-0.2, -0.15) is 0 Å². The molecule has 0 aliphatic carbocycles. The third-order valence-electron chi connectivity index (χ3n) is 3.37. The minimum Gasteiger partial charge on any atom is -0.346 e. The van der Waals surface area contributed by atoms with Gasteiger partial charge in [0, 0.05) is 17.2 Å². The van der Waals surface area contributed by atoms with Gasteiger partial charge in [0.05, 0.1) is 11.0 Å². The highest BCUT2D eigenvalue weighted by Gasteiger charge is 2.15. The molecule has 1 amide bonds. The van der Waals surface area contributed by atoms with Gasteiger partial charge in [0.25, 0.3) is 11.6 Å². The first-order valence-electron chi connectivity index (χ1n) is 6.70. The third-order valence-corrected chi connectivity index (χ3v) is 3.37. The average molecular weight is 302 g/mol. The number of halogens is 1. The lowest BCUT2D eigenvalue weighted by molar-refractivity contribution is -0.385. The fourth-order valence-corrected chi connectivity index (χ4v) is 2.12. The molecule has 0 aliphatic rings. The van der Waals surface area contributed by atoms with Gasteiger partial charge in [0.2, 0.25) is 0 Å². The zero-order chi connectivity index (χ0) is 16.3. The van der Waals surface area contributed by atoms with Gasteiger partial charge in [-0.3, -0.25) is 14.9 Å². The molecule has 0 heterocycles. The van der Waals surface area contributed by atoms with Crippen LogP contribution in [-0.2, 0) is 0 Å². The quantitative estimate of drug-likeness (QED) is 0.693. The fourth-order valence-electron chi connectivity index (χ4n) is 2.12. The van der Waals surface area contributed by atoms with Crippen LogP contribution in [0.5, 0.6) is 0 Å². The highest BCUT2D eigenvalue weighted by Crippen LogP contribution is 2.20. The molecule has 0 spiro atoms. The average Bonchev–Trinajstić information content (AvgIpc) is 2.47. The number of nitro groups is 1. The van der Waals surface area contributed by atoms with Gasteiger partial charge in [-0.05, 0) is 43.7 Å². The van der Waals surface area contributed by atoms with Crippen LogP contribution in [0.2, 0.25) is 0 Å². The number of benzene rings is 2. The summed E-state index contributed by atoms with van der Waals surface area (Å²) in [5.74, 6) is -0.678. The van der Waals surface area contributed by atoms with E-state index in [2.05, 4.69) is 5.32 Å². The van der Waals surface area contributed by atoms with Crippen LogP contribution in [-0.4, -0.2) is 10.8 Å². The number of aryl methyl sites for hydroxylation is 1. The van der Waals surface area contributed by atoms with E-state index in [-0.39, 0.29) is 23.5 Å². The van der Waals surface area contributed by atoms with Crippen LogP contribution < -0.4 is 5.32 Å². The minimum atomic E-state index is -0.488. The lowest BCUT2D eigenvalue weighted by Crippen LogP contribution is -2.26. The van der Waals surface area contributed by atoms with Gasteiger partial charge >= 0.3 is 0 Å². The second-order valence-electron chi connectivity index (χ2n) is 5.01. The predicted octanol–water partition coefficient (Wildman–Crippen LogP) is 3.53. The van der Waals surface area contributed by atoms with Crippen LogP contribution in [0.15, 0.2) is 42.5 Å². The van der Waals surface area contributed by atoms with E-state index in [1.165, 1.54) is 30.3 Å². The smallest absolute Gasteiger partial charge is 0.272 e. The molecule has 0 radical (unpaired) electrons. The summed E-state index contributed by atoms with van der Waals surface area (Å²) >= 11 is 0. The summed E-state index contributed by atoms with van der Waals surface area (Å²) in [6, 6.07) is 9.75. The van der Waals surface area contributed by atoms with Crippen molar-refractivity contribution in [2.75, 3.05) is 0 Å². The maximum atomic E-state index is 12.9. The molecule has 114 valence electrons. The Morgan fingerprint density at radius 1 is 1.23 bits per heavy atom. The molecule has 5 nitrogen and oxygen atoms in total. The molecule has 6 heteroatoms. The molecule has 0 aliphatic heterocycles. The molecular formula is C16H15FN2O3. The number of hydrogen-bond acceptors (Lipinski definition) is 3. The van der Waals surface area contributed by atoms with Gasteiger partial charge in [-0.1, -0.05) is 12.1 Å². The standard InChI is InChI=1S/C16H15FN2O3/c1-10-9-13(5-8-15(10)19(21)22)16(20)18-11(2)12-3-6-14(17)7-4-12/h3-9,11H,1-2H3,(H,18,20)/t11-/m0/s1. The monoisotopic (exact) mass is 302 g/mol. The van der Waals surface area contributed by atoms with Crippen molar-refractivity contribution in [3.8, 4) is 0 Å². The van der Waals surface area contributed by atoms with Crippen molar-refractivity contribution in [2.24, 2.45) is 0 Å². The lowest BCUT2D eigenvalue weighted by atomic mass is 10.1. The Labute approximate surface area is 126 Å². The second-order valence-corrected chi connectivity index (χ2v) is 5.01. The number of nitrogens with zero attached hydrogens (tertiary/aromatic N) is 1. The number of nitro benzene ring substituents is 1. The van der Waals surface area contributed by atoms with Crippen molar-refractivity contribution in [3.63, 3.8) is 0 Å². The van der Waals surface area contributed by atoms with Crippen LogP contribution in [0.3, 0.4) is 0 Å². The topological polar surface area (TPSA) is 72.2 Å². The molecule has 2 rings (SSSR count). The Kier molecular flexibility index (Phi) is 4.50. The molecule has 22 heavy (non-hydrogen) atoms. The molecule has 0 saturated heterocycles. The first kappa shape index (κ1) is 15.6. The van der Waals surface area contributed by atoms with Gasteiger partial charge in [0.1, 0.15) is 5.82 Å². The maximum absolute atomic E-state index is 12.9. The maximum Gasteiger partial charge on any atom is 0.272 e. The number of amides is 1. The van der Waals surface area contributed by atoms with Crippen LogP contribution in [0.25, 0.3) is 0 Å². The normalized spacial score (nSPS) is 11.8. The largest absolute Gasteiger partial charge is 0.346 e. The molecule has 0 bridgehead atoms. The molecule has 2 aromatic rings. The highest BCUT2D eigenvalue weighted by atomic mass is 19.1. The van der Waals surface area contributed by atoms with E-state index in [0.29, 0.717) is 11.1 Å². The fraction of sp³-hybridized carbons (Fsp3) is 0.188. The second kappa shape index (κ2) is 6.34. The minimum absolute atomic E-state index is 0.0249. The first-order valence-corrected chi connectivity index (χ1v) is 6.70. The molecule has 0 fully saturated rings. The number of nitrogens with one attached hydrogen (secondary N) is 1. The molecular weight excluding hydrogens is 287 g/mol. The Morgan fingerprint density at radius 3 is 2.41 bits per heavy atom. The Hall–Kier alpha value is -2.76. The van der Waals surface area contributed by atoms with Crippen molar-refractivity contribution < 1.29 is 14.1 Å². The van der Waals surface area contributed by atoms with Gasteiger partial charge < -0.3 is 5.32 Å². The number of hydrogen-bond donors (Lipinski definition) is 1. The van der Waals surface area contributed by atoms with E-state index in [4.69, 9.17) is 0 Å². The highest BCUT2D eigenvalue weighted by molar-refractivity contribution is 5.95. The number of rotatable bonds is 4. The van der Waals surface area contributed by atoms with E-state index in [9.17, 15) is 19.3 Å². The van der Waals surface area contributed by atoms with Crippen molar-refractivity contribution in [1.82, 2.24) is 5.32 Å². The predicted molar refractivity (Wildman–Crippen MR) is 80.1 cm³/mol. The van der Waals surface area contributed by atoms with Crippen molar-refractivity contribution in [3.05, 3.63) is 75.1 Å². The molecule has 0 saturated carbocycles. The van der Waals surface area contributed by atoms with E-state index in [0.717, 1.165) is 5.56 Å². The van der Waals surface area contributed by atoms with Crippen molar-refractivity contribution in [1.29, 1.82) is 0 Å². The van der Waals surface area contributed by atoms with E-state index >= 15 is 0 Å². The molecule has 2 aromatic carbocycles. The van der Waals surface area contributed by atoms with Crippen LogP contribution >= 0.6 is 0 Å². The van der Waals surface area contributed by atoms with Crippen LogP contribution in [0, 0.1) is 22.9 Å². The van der Waals surface area contributed by atoms with E-state index in [1.54, 1.807) is 26.0 Å². The Bertz CT molecular complexity index is 714. The van der Waals surface area contributed by atoms with Crippen LogP contribution in [0.1, 0.15) is 34.5 Å². The van der Waals surface area contributed by atoms with E-state index in [1.807, 2.05) is 0 Å². The van der Waals surface area contributed by atoms with Crippen LogP contribution in [0.4, 0.5) is 10.1 Å². The third kappa shape index (κ3) is 3.46. The molecule has 0 aromatic heterocycles. The molecule has 0 unspecified atom stereocenters. The summed E-state index contributed by atoms with van der Waals surface area (Å²) in [7, 11) is 0. The zero-order valence-corrected chi connectivity index (χ0v) is 12.2. The first-order chi connectivity index (χ1) is 10.4. The number of carbonyl (C=O) groups is 1.